The van der Waals surface area contributed by atoms with Crippen molar-refractivity contribution >= 4 is 11.6 Å². The summed E-state index contributed by atoms with van der Waals surface area (Å²) < 4.78 is 25.6. The highest BCUT2D eigenvalue weighted by Crippen LogP contribution is 2.29. The zero-order valence-corrected chi connectivity index (χ0v) is 15.4. The zero-order chi connectivity index (χ0) is 20.1. The van der Waals surface area contributed by atoms with Crippen LogP contribution in [0.2, 0.25) is 0 Å². The van der Waals surface area contributed by atoms with Crippen molar-refractivity contribution in [3.8, 4) is 11.5 Å². The largest absolute Gasteiger partial charge is 0.497 e. The first-order valence-corrected chi connectivity index (χ1v) is 8.49. The second-order valence-electron chi connectivity index (χ2n) is 5.97. The van der Waals surface area contributed by atoms with Crippen LogP contribution in [0.3, 0.4) is 0 Å². The van der Waals surface area contributed by atoms with Crippen LogP contribution in [0, 0.1) is 5.82 Å². The number of amides is 1. The fourth-order valence-corrected chi connectivity index (χ4v) is 2.75. The zero-order valence-electron chi connectivity index (χ0n) is 15.4. The fraction of sp³-hybridized carbons (Fsp3) is 0.143. The predicted molar refractivity (Wildman–Crippen MR) is 104 cm³/mol. The number of carbonyl (C=O) groups is 1. The van der Waals surface area contributed by atoms with Crippen molar-refractivity contribution in [2.75, 3.05) is 19.5 Å². The normalized spacial score (nSPS) is 10.4. The minimum absolute atomic E-state index is 0.0229. The summed E-state index contributed by atoms with van der Waals surface area (Å²) >= 11 is 0. The van der Waals surface area contributed by atoms with Crippen molar-refractivity contribution in [2.45, 2.75) is 6.54 Å². The molecule has 0 atom stereocenters. The van der Waals surface area contributed by atoms with E-state index in [1.54, 1.807) is 42.5 Å². The Bertz CT molecular complexity index is 1060. The summed E-state index contributed by atoms with van der Waals surface area (Å²) in [7, 11) is 2.98. The summed E-state index contributed by atoms with van der Waals surface area (Å²) in [5.41, 5.74) is 0.140. The maximum absolute atomic E-state index is 13.9. The Kier molecular flexibility index (Phi) is 5.74. The molecule has 0 spiro atoms. The SMILES string of the molecule is COc1ccc(OC)c(NC(=O)c2cccn(Cc3ccccc3F)c2=O)c1. The lowest BCUT2D eigenvalue weighted by molar-refractivity contribution is 0.102. The van der Waals surface area contributed by atoms with Crippen LogP contribution in [-0.4, -0.2) is 24.7 Å². The van der Waals surface area contributed by atoms with Gasteiger partial charge in [0.05, 0.1) is 26.5 Å². The first kappa shape index (κ1) is 19.2. The first-order valence-electron chi connectivity index (χ1n) is 8.49. The van der Waals surface area contributed by atoms with E-state index < -0.39 is 17.3 Å². The number of carbonyl (C=O) groups excluding carboxylic acids is 1. The number of methoxy groups -OCH3 is 2. The van der Waals surface area contributed by atoms with Crippen molar-refractivity contribution in [3.63, 3.8) is 0 Å². The number of hydrogen-bond donors (Lipinski definition) is 1. The van der Waals surface area contributed by atoms with Crippen LogP contribution in [-0.2, 0) is 6.54 Å². The summed E-state index contributed by atoms with van der Waals surface area (Å²) in [5, 5.41) is 2.66. The van der Waals surface area contributed by atoms with E-state index in [0.717, 1.165) is 0 Å². The molecule has 6 nitrogen and oxygen atoms in total. The molecule has 0 fully saturated rings. The monoisotopic (exact) mass is 382 g/mol. The molecule has 3 rings (SSSR count). The molecule has 1 amide bonds. The van der Waals surface area contributed by atoms with Gasteiger partial charge < -0.3 is 19.4 Å². The molecule has 0 saturated heterocycles. The molecule has 1 aromatic heterocycles. The quantitative estimate of drug-likeness (QED) is 0.710. The van der Waals surface area contributed by atoms with Crippen LogP contribution in [0.25, 0.3) is 0 Å². The molecular formula is C21H19FN2O4. The molecule has 0 saturated carbocycles. The lowest BCUT2D eigenvalue weighted by Gasteiger charge is -2.12. The lowest BCUT2D eigenvalue weighted by atomic mass is 10.2. The third kappa shape index (κ3) is 4.03. The lowest BCUT2D eigenvalue weighted by Crippen LogP contribution is -2.29. The average Bonchev–Trinajstić information content (AvgIpc) is 2.71. The van der Waals surface area contributed by atoms with Crippen molar-refractivity contribution in [2.24, 2.45) is 0 Å². The Morgan fingerprint density at radius 3 is 2.57 bits per heavy atom. The number of hydrogen-bond acceptors (Lipinski definition) is 4. The number of anilines is 1. The molecule has 0 aliphatic rings. The number of halogens is 1. The molecule has 0 unspecified atom stereocenters. The van der Waals surface area contributed by atoms with Gasteiger partial charge in [0.2, 0.25) is 0 Å². The van der Waals surface area contributed by atoms with Crippen LogP contribution in [0.4, 0.5) is 10.1 Å². The molecule has 28 heavy (non-hydrogen) atoms. The van der Waals surface area contributed by atoms with Crippen molar-refractivity contribution in [1.82, 2.24) is 4.57 Å². The summed E-state index contributed by atoms with van der Waals surface area (Å²) in [6.45, 7) is 0.0229. The maximum atomic E-state index is 13.9. The van der Waals surface area contributed by atoms with Gasteiger partial charge in [0, 0.05) is 17.8 Å². The number of pyridine rings is 1. The third-order valence-electron chi connectivity index (χ3n) is 4.22. The molecule has 0 bridgehead atoms. The van der Waals surface area contributed by atoms with Crippen LogP contribution in [0.5, 0.6) is 11.5 Å². The Morgan fingerprint density at radius 1 is 1.07 bits per heavy atom. The van der Waals surface area contributed by atoms with E-state index in [4.69, 9.17) is 9.47 Å². The molecule has 2 aromatic carbocycles. The van der Waals surface area contributed by atoms with Gasteiger partial charge in [-0.2, -0.15) is 0 Å². The van der Waals surface area contributed by atoms with Gasteiger partial charge in [-0.15, -0.1) is 0 Å². The molecule has 7 heteroatoms. The molecule has 0 aliphatic carbocycles. The van der Waals surface area contributed by atoms with Gasteiger partial charge in [-0.25, -0.2) is 4.39 Å². The topological polar surface area (TPSA) is 69.6 Å². The van der Waals surface area contributed by atoms with Crippen LogP contribution >= 0.6 is 0 Å². The first-order chi connectivity index (χ1) is 13.5. The molecule has 144 valence electrons. The van der Waals surface area contributed by atoms with Gasteiger partial charge in [-0.1, -0.05) is 18.2 Å². The number of rotatable bonds is 6. The summed E-state index contributed by atoms with van der Waals surface area (Å²) in [6, 6.07) is 14.1. The molecular weight excluding hydrogens is 363 g/mol. The fourth-order valence-electron chi connectivity index (χ4n) is 2.75. The molecule has 1 N–H and O–H groups in total. The summed E-state index contributed by atoms with van der Waals surface area (Å²) in [6.07, 6.45) is 1.51. The maximum Gasteiger partial charge on any atom is 0.263 e. The van der Waals surface area contributed by atoms with E-state index >= 15 is 0 Å². The van der Waals surface area contributed by atoms with Gasteiger partial charge in [-0.3, -0.25) is 9.59 Å². The van der Waals surface area contributed by atoms with Crippen molar-refractivity contribution in [3.05, 3.63) is 88.1 Å². The van der Waals surface area contributed by atoms with Gasteiger partial charge in [0.1, 0.15) is 22.9 Å². The Hall–Kier alpha value is -3.61. The van der Waals surface area contributed by atoms with E-state index in [0.29, 0.717) is 22.7 Å². The van der Waals surface area contributed by atoms with Crippen molar-refractivity contribution < 1.29 is 18.7 Å². The third-order valence-corrected chi connectivity index (χ3v) is 4.22. The highest BCUT2D eigenvalue weighted by molar-refractivity contribution is 6.04. The number of nitrogens with zero attached hydrogens (tertiary/aromatic N) is 1. The number of aromatic nitrogens is 1. The van der Waals surface area contributed by atoms with Crippen molar-refractivity contribution in [1.29, 1.82) is 0 Å². The van der Waals surface area contributed by atoms with Crippen LogP contribution in [0.15, 0.2) is 65.6 Å². The van der Waals surface area contributed by atoms with E-state index in [-0.39, 0.29) is 12.1 Å². The average molecular weight is 382 g/mol. The van der Waals surface area contributed by atoms with Gasteiger partial charge in [0.15, 0.2) is 0 Å². The number of ether oxygens (including phenoxy) is 2. The molecule has 0 aliphatic heterocycles. The van der Waals surface area contributed by atoms with Crippen LogP contribution in [0.1, 0.15) is 15.9 Å². The van der Waals surface area contributed by atoms with Gasteiger partial charge in [-0.05, 0) is 30.3 Å². The highest BCUT2D eigenvalue weighted by atomic mass is 19.1. The van der Waals surface area contributed by atoms with E-state index in [2.05, 4.69) is 5.32 Å². The number of nitrogens with one attached hydrogen (secondary N) is 1. The Balaban J connectivity index is 1.89. The van der Waals surface area contributed by atoms with E-state index in [1.807, 2.05) is 0 Å². The summed E-state index contributed by atoms with van der Waals surface area (Å²) in [4.78, 5) is 25.4. The standard InChI is InChI=1S/C21H19FN2O4/c1-27-15-9-10-19(28-2)18(12-15)23-20(25)16-7-5-11-24(21(16)26)13-14-6-3-4-8-17(14)22/h3-12H,13H2,1-2H3,(H,23,25). The second-order valence-corrected chi connectivity index (χ2v) is 5.97. The van der Waals surface area contributed by atoms with Crippen LogP contribution < -0.4 is 20.3 Å². The van der Waals surface area contributed by atoms with Gasteiger partial charge in [0.25, 0.3) is 11.5 Å². The van der Waals surface area contributed by atoms with E-state index in [1.165, 1.54) is 37.1 Å². The second kappa shape index (κ2) is 8.39. The smallest absolute Gasteiger partial charge is 0.263 e. The van der Waals surface area contributed by atoms with E-state index in [9.17, 15) is 14.0 Å². The molecule has 0 radical (unpaired) electrons. The minimum atomic E-state index is -0.598. The Morgan fingerprint density at radius 2 is 1.86 bits per heavy atom. The molecule has 1 heterocycles. The predicted octanol–water partition coefficient (Wildman–Crippen LogP) is 3.31. The minimum Gasteiger partial charge on any atom is -0.497 e. The Labute approximate surface area is 161 Å². The highest BCUT2D eigenvalue weighted by Gasteiger charge is 2.16. The molecule has 3 aromatic rings. The van der Waals surface area contributed by atoms with Gasteiger partial charge >= 0.3 is 0 Å². The summed E-state index contributed by atoms with van der Waals surface area (Å²) in [5.74, 6) is -0.0531. The number of benzene rings is 2.